The lowest BCUT2D eigenvalue weighted by atomic mass is 9.88. The Morgan fingerprint density at radius 1 is 1.06 bits per heavy atom. The number of aryl methyl sites for hydroxylation is 2. The van der Waals surface area contributed by atoms with Crippen LogP contribution in [0.2, 0.25) is 0 Å². The Bertz CT molecular complexity index is 370. The molecule has 1 aromatic carbocycles. The first-order chi connectivity index (χ1) is 7.90. The summed E-state index contributed by atoms with van der Waals surface area (Å²) in [4.78, 5) is 2.20. The summed E-state index contributed by atoms with van der Waals surface area (Å²) in [5.41, 5.74) is 6.79. The van der Waals surface area contributed by atoms with Gasteiger partial charge in [-0.3, -0.25) is 0 Å². The molecular weight excluding hydrogens is 210 g/mol. The highest BCUT2D eigenvalue weighted by atomic mass is 16.3. The Hall–Kier alpha value is -0.860. The van der Waals surface area contributed by atoms with Gasteiger partial charge in [0, 0.05) is 12.6 Å². The van der Waals surface area contributed by atoms with E-state index in [1.165, 1.54) is 27.8 Å². The summed E-state index contributed by atoms with van der Waals surface area (Å²) in [6, 6.07) is 2.55. The van der Waals surface area contributed by atoms with Crippen molar-refractivity contribution in [2.24, 2.45) is 0 Å². The summed E-state index contributed by atoms with van der Waals surface area (Å²) in [7, 11) is 4.16. The monoisotopic (exact) mass is 235 g/mol. The number of hydrogen-bond donors (Lipinski definition) is 1. The highest BCUT2D eigenvalue weighted by Gasteiger charge is 2.19. The Morgan fingerprint density at radius 2 is 1.53 bits per heavy atom. The molecule has 1 atom stereocenters. The number of rotatable bonds is 4. The first-order valence-electron chi connectivity index (χ1n) is 6.24. The van der Waals surface area contributed by atoms with E-state index < -0.39 is 0 Å². The van der Waals surface area contributed by atoms with Crippen molar-refractivity contribution < 1.29 is 5.11 Å². The van der Waals surface area contributed by atoms with Crippen LogP contribution in [0.4, 0.5) is 0 Å². The van der Waals surface area contributed by atoms with Crippen molar-refractivity contribution >= 4 is 0 Å². The molecule has 1 rings (SSSR count). The van der Waals surface area contributed by atoms with Crippen molar-refractivity contribution in [1.82, 2.24) is 4.90 Å². The molecule has 0 amide bonds. The molecule has 0 bridgehead atoms. The second-order valence-electron chi connectivity index (χ2n) is 5.17. The molecule has 0 aromatic heterocycles. The van der Waals surface area contributed by atoms with E-state index in [9.17, 15) is 5.11 Å². The molecule has 0 saturated heterocycles. The molecule has 0 saturated carbocycles. The largest absolute Gasteiger partial charge is 0.396 e. The molecule has 1 aromatic rings. The lowest BCUT2D eigenvalue weighted by molar-refractivity contribution is 0.210. The summed E-state index contributed by atoms with van der Waals surface area (Å²) in [6.45, 7) is 8.93. The molecule has 1 unspecified atom stereocenters. The second-order valence-corrected chi connectivity index (χ2v) is 5.17. The predicted octanol–water partition coefficient (Wildman–Crippen LogP) is 2.91. The Labute approximate surface area is 105 Å². The minimum atomic E-state index is 0.231. The van der Waals surface area contributed by atoms with Gasteiger partial charge in [-0.2, -0.15) is 0 Å². The normalized spacial score (nSPS) is 13.2. The summed E-state index contributed by atoms with van der Waals surface area (Å²) in [6.07, 6.45) is 0.789. The van der Waals surface area contributed by atoms with Crippen LogP contribution in [0.3, 0.4) is 0 Å². The van der Waals surface area contributed by atoms with E-state index in [0.29, 0.717) is 6.04 Å². The highest BCUT2D eigenvalue weighted by molar-refractivity contribution is 5.45. The van der Waals surface area contributed by atoms with Crippen molar-refractivity contribution in [3.8, 4) is 0 Å². The molecule has 2 heteroatoms. The lowest BCUT2D eigenvalue weighted by Gasteiger charge is -2.29. The quantitative estimate of drug-likeness (QED) is 0.867. The van der Waals surface area contributed by atoms with Crippen molar-refractivity contribution in [1.29, 1.82) is 0 Å². The molecule has 0 spiro atoms. The molecule has 0 aliphatic heterocycles. The number of aliphatic hydroxyl groups excluding tert-OH is 1. The van der Waals surface area contributed by atoms with Gasteiger partial charge < -0.3 is 10.0 Å². The van der Waals surface area contributed by atoms with Crippen molar-refractivity contribution in [3.63, 3.8) is 0 Å². The number of nitrogens with zero attached hydrogens (tertiary/aromatic N) is 1. The Morgan fingerprint density at radius 3 is 1.88 bits per heavy atom. The Kier molecular flexibility index (Phi) is 4.72. The molecule has 0 fully saturated rings. The van der Waals surface area contributed by atoms with Gasteiger partial charge in [0.2, 0.25) is 0 Å². The van der Waals surface area contributed by atoms with Crippen LogP contribution >= 0.6 is 0 Å². The summed E-state index contributed by atoms with van der Waals surface area (Å²) in [5.74, 6) is 0. The van der Waals surface area contributed by atoms with Gasteiger partial charge in [0.05, 0.1) is 0 Å². The minimum absolute atomic E-state index is 0.231. The maximum atomic E-state index is 9.24. The van der Waals surface area contributed by atoms with E-state index in [1.54, 1.807) is 0 Å². The van der Waals surface area contributed by atoms with Crippen LogP contribution in [0.5, 0.6) is 0 Å². The van der Waals surface area contributed by atoms with Crippen molar-refractivity contribution in [2.75, 3.05) is 20.7 Å². The van der Waals surface area contributed by atoms with Gasteiger partial charge in [0.15, 0.2) is 0 Å². The van der Waals surface area contributed by atoms with Crippen molar-refractivity contribution in [3.05, 3.63) is 33.9 Å². The zero-order valence-corrected chi connectivity index (χ0v) is 12.0. The number of benzene rings is 1. The Balaban J connectivity index is 3.36. The summed E-state index contributed by atoms with van der Waals surface area (Å²) in [5, 5.41) is 9.24. The number of aliphatic hydroxyl groups is 1. The average molecular weight is 235 g/mol. The lowest BCUT2D eigenvalue weighted by Crippen LogP contribution is -2.23. The zero-order chi connectivity index (χ0) is 13.2. The predicted molar refractivity (Wildman–Crippen MR) is 73.5 cm³/mol. The third-order valence-electron chi connectivity index (χ3n) is 3.78. The third-order valence-corrected chi connectivity index (χ3v) is 3.78. The zero-order valence-electron chi connectivity index (χ0n) is 12.0. The van der Waals surface area contributed by atoms with Crippen molar-refractivity contribution in [2.45, 2.75) is 40.2 Å². The molecule has 17 heavy (non-hydrogen) atoms. The van der Waals surface area contributed by atoms with E-state index in [2.05, 4.69) is 52.8 Å². The fourth-order valence-electron chi connectivity index (χ4n) is 2.53. The molecule has 0 heterocycles. The van der Waals surface area contributed by atoms with Gasteiger partial charge >= 0.3 is 0 Å². The summed E-state index contributed by atoms with van der Waals surface area (Å²) >= 11 is 0. The van der Waals surface area contributed by atoms with E-state index in [4.69, 9.17) is 0 Å². The maximum absolute atomic E-state index is 9.24. The SMILES string of the molecule is Cc1cc(C)c(C)c(C(CCO)N(C)C)c1C. The average Bonchev–Trinajstić information content (AvgIpc) is 2.25. The van der Waals surface area contributed by atoms with E-state index in [0.717, 1.165) is 6.42 Å². The topological polar surface area (TPSA) is 23.5 Å². The molecule has 0 aliphatic rings. The fraction of sp³-hybridized carbons (Fsp3) is 0.600. The van der Waals surface area contributed by atoms with Crippen LogP contribution in [-0.2, 0) is 0 Å². The van der Waals surface area contributed by atoms with Gasteiger partial charge in [0.1, 0.15) is 0 Å². The van der Waals surface area contributed by atoms with Gasteiger partial charge in [-0.05, 0) is 76.0 Å². The van der Waals surface area contributed by atoms with Crippen LogP contribution < -0.4 is 0 Å². The minimum Gasteiger partial charge on any atom is -0.396 e. The molecule has 1 N–H and O–H groups in total. The van der Waals surface area contributed by atoms with Crippen LogP contribution in [0.25, 0.3) is 0 Å². The third kappa shape index (κ3) is 2.88. The first kappa shape index (κ1) is 14.2. The van der Waals surface area contributed by atoms with E-state index >= 15 is 0 Å². The van der Waals surface area contributed by atoms with Crippen LogP contribution in [0, 0.1) is 27.7 Å². The fourth-order valence-corrected chi connectivity index (χ4v) is 2.53. The number of hydrogen-bond acceptors (Lipinski definition) is 2. The van der Waals surface area contributed by atoms with Crippen LogP contribution in [-0.4, -0.2) is 30.7 Å². The van der Waals surface area contributed by atoms with Gasteiger partial charge in [-0.1, -0.05) is 6.07 Å². The summed E-state index contributed by atoms with van der Waals surface area (Å²) < 4.78 is 0. The standard InChI is InChI=1S/C15H25NO/c1-10-9-11(2)13(4)15(12(10)3)14(7-8-17)16(5)6/h9,14,17H,7-8H2,1-6H3. The molecular formula is C15H25NO. The molecule has 0 aliphatic carbocycles. The maximum Gasteiger partial charge on any atom is 0.0449 e. The van der Waals surface area contributed by atoms with Gasteiger partial charge in [-0.25, -0.2) is 0 Å². The second kappa shape index (κ2) is 5.65. The molecule has 0 radical (unpaired) electrons. The van der Waals surface area contributed by atoms with Gasteiger partial charge in [-0.15, -0.1) is 0 Å². The van der Waals surface area contributed by atoms with Gasteiger partial charge in [0.25, 0.3) is 0 Å². The van der Waals surface area contributed by atoms with Crippen LogP contribution in [0.1, 0.15) is 40.3 Å². The first-order valence-corrected chi connectivity index (χ1v) is 6.24. The van der Waals surface area contributed by atoms with Crippen LogP contribution in [0.15, 0.2) is 6.07 Å². The highest BCUT2D eigenvalue weighted by Crippen LogP contribution is 2.31. The molecule has 2 nitrogen and oxygen atoms in total. The smallest absolute Gasteiger partial charge is 0.0449 e. The molecule has 96 valence electrons. The van der Waals surface area contributed by atoms with E-state index in [1.807, 2.05) is 0 Å². The van der Waals surface area contributed by atoms with E-state index in [-0.39, 0.29) is 6.61 Å².